The van der Waals surface area contributed by atoms with Crippen molar-refractivity contribution in [1.29, 1.82) is 0 Å². The van der Waals surface area contributed by atoms with Crippen molar-refractivity contribution >= 4 is 16.9 Å². The standard InChI is InChI=1S/C32H32O9/c1-2-3-4-5-6-7-14-39-20-11-8-18(9-12-20)21-16-26(36)40-25-17-24(35)28-29(37)30(38)31(41-32(28)27(21)25)19-10-13-22(33)23(34)15-19/h8-13,15,17,21,33-35,38H,2-7,14,16H2,1H3/t21-/m0/s1. The van der Waals surface area contributed by atoms with Crippen molar-refractivity contribution in [2.45, 2.75) is 57.8 Å². The number of phenolic OH excluding ortho intramolecular Hbond substituents is 3. The molecule has 1 aliphatic heterocycles. The third-order valence-electron chi connectivity index (χ3n) is 7.35. The van der Waals surface area contributed by atoms with Gasteiger partial charge in [0.1, 0.15) is 28.2 Å². The lowest BCUT2D eigenvalue weighted by Crippen LogP contribution is -2.22. The monoisotopic (exact) mass is 560 g/mol. The minimum absolute atomic E-state index is 0.0352. The van der Waals surface area contributed by atoms with Gasteiger partial charge in [0.25, 0.3) is 0 Å². The van der Waals surface area contributed by atoms with Crippen LogP contribution in [0.15, 0.2) is 57.7 Å². The molecule has 4 N–H and O–H groups in total. The van der Waals surface area contributed by atoms with Crippen LogP contribution in [0.5, 0.6) is 34.5 Å². The van der Waals surface area contributed by atoms with Crippen molar-refractivity contribution in [3.05, 3.63) is 69.9 Å². The number of fused-ring (bicyclic) bond motifs is 3. The Morgan fingerprint density at radius 3 is 2.32 bits per heavy atom. The molecule has 0 radical (unpaired) electrons. The zero-order valence-corrected chi connectivity index (χ0v) is 22.7. The zero-order chi connectivity index (χ0) is 29.1. The van der Waals surface area contributed by atoms with Crippen LogP contribution < -0.4 is 14.9 Å². The van der Waals surface area contributed by atoms with Crippen LogP contribution in [0.2, 0.25) is 0 Å². The Morgan fingerprint density at radius 2 is 1.59 bits per heavy atom. The summed E-state index contributed by atoms with van der Waals surface area (Å²) in [7, 11) is 0. The molecule has 41 heavy (non-hydrogen) atoms. The quantitative estimate of drug-likeness (QED) is 0.0742. The van der Waals surface area contributed by atoms with Crippen LogP contribution in [0, 0.1) is 0 Å². The number of rotatable bonds is 10. The Hall–Kier alpha value is -4.66. The molecule has 214 valence electrons. The van der Waals surface area contributed by atoms with Crippen LogP contribution in [0.3, 0.4) is 0 Å². The lowest BCUT2D eigenvalue weighted by Gasteiger charge is -2.26. The van der Waals surface area contributed by atoms with E-state index in [1.807, 2.05) is 24.3 Å². The fourth-order valence-corrected chi connectivity index (χ4v) is 5.20. The molecule has 1 aliphatic rings. The number of hydrogen-bond donors (Lipinski definition) is 4. The number of esters is 1. The first-order valence-electron chi connectivity index (χ1n) is 13.8. The predicted octanol–water partition coefficient (Wildman–Crippen LogP) is 6.46. The highest BCUT2D eigenvalue weighted by molar-refractivity contribution is 5.94. The molecule has 0 aliphatic carbocycles. The largest absolute Gasteiger partial charge is 0.507 e. The van der Waals surface area contributed by atoms with Gasteiger partial charge in [-0.3, -0.25) is 9.59 Å². The van der Waals surface area contributed by atoms with Crippen LogP contribution >= 0.6 is 0 Å². The maximum Gasteiger partial charge on any atom is 0.312 e. The second-order valence-corrected chi connectivity index (χ2v) is 10.2. The maximum atomic E-state index is 13.2. The highest BCUT2D eigenvalue weighted by Crippen LogP contribution is 2.47. The Bertz CT molecular complexity index is 1640. The molecule has 0 amide bonds. The van der Waals surface area contributed by atoms with Gasteiger partial charge < -0.3 is 34.3 Å². The lowest BCUT2D eigenvalue weighted by atomic mass is 9.85. The highest BCUT2D eigenvalue weighted by atomic mass is 16.5. The van der Waals surface area contributed by atoms with E-state index in [1.54, 1.807) is 0 Å². The molecule has 9 heteroatoms. The van der Waals surface area contributed by atoms with E-state index < -0.39 is 40.3 Å². The molecule has 0 bridgehead atoms. The molecule has 3 aromatic carbocycles. The van der Waals surface area contributed by atoms with Crippen molar-refractivity contribution in [2.24, 2.45) is 0 Å². The summed E-state index contributed by atoms with van der Waals surface area (Å²) in [5.41, 5.74) is 0.250. The molecule has 4 aromatic rings. The summed E-state index contributed by atoms with van der Waals surface area (Å²) in [6, 6.07) is 12.2. The second-order valence-electron chi connectivity index (χ2n) is 10.2. The van der Waals surface area contributed by atoms with E-state index in [4.69, 9.17) is 13.9 Å². The highest BCUT2D eigenvalue weighted by Gasteiger charge is 2.34. The van der Waals surface area contributed by atoms with Gasteiger partial charge in [-0.15, -0.1) is 0 Å². The number of hydrogen-bond acceptors (Lipinski definition) is 9. The van der Waals surface area contributed by atoms with E-state index in [0.29, 0.717) is 17.9 Å². The van der Waals surface area contributed by atoms with Crippen LogP contribution in [0.4, 0.5) is 0 Å². The number of ether oxygens (including phenoxy) is 2. The minimum Gasteiger partial charge on any atom is -0.507 e. The van der Waals surface area contributed by atoms with Gasteiger partial charge in [0.05, 0.1) is 13.0 Å². The van der Waals surface area contributed by atoms with Gasteiger partial charge in [0.2, 0.25) is 11.2 Å². The summed E-state index contributed by atoms with van der Waals surface area (Å²) in [6.07, 6.45) is 6.93. The van der Waals surface area contributed by atoms with E-state index in [2.05, 4.69) is 6.92 Å². The molecule has 0 spiro atoms. The third-order valence-corrected chi connectivity index (χ3v) is 7.35. The van der Waals surface area contributed by atoms with Crippen LogP contribution in [0.1, 0.15) is 68.9 Å². The summed E-state index contributed by atoms with van der Waals surface area (Å²) in [5, 5.41) is 40.7. The van der Waals surface area contributed by atoms with Gasteiger partial charge in [-0.1, -0.05) is 51.2 Å². The minimum atomic E-state index is -0.900. The van der Waals surface area contributed by atoms with E-state index in [1.165, 1.54) is 43.9 Å². The van der Waals surface area contributed by atoms with Gasteiger partial charge in [-0.25, -0.2) is 0 Å². The summed E-state index contributed by atoms with van der Waals surface area (Å²) in [6.45, 7) is 2.80. The lowest BCUT2D eigenvalue weighted by molar-refractivity contribution is -0.135. The summed E-state index contributed by atoms with van der Waals surface area (Å²) in [4.78, 5) is 25.8. The van der Waals surface area contributed by atoms with Crippen molar-refractivity contribution in [1.82, 2.24) is 0 Å². The molecule has 2 heterocycles. The molecule has 0 saturated carbocycles. The molecule has 0 unspecified atom stereocenters. The van der Waals surface area contributed by atoms with Crippen molar-refractivity contribution in [3.63, 3.8) is 0 Å². The Labute approximate surface area is 236 Å². The number of carbonyl (C=O) groups excluding carboxylic acids is 1. The van der Waals surface area contributed by atoms with Crippen molar-refractivity contribution < 1.29 is 39.1 Å². The summed E-state index contributed by atoms with van der Waals surface area (Å²) in [5.74, 6) is -2.82. The normalized spacial score (nSPS) is 14.6. The molecule has 1 atom stereocenters. The van der Waals surface area contributed by atoms with Gasteiger partial charge in [0, 0.05) is 23.1 Å². The number of aromatic hydroxyl groups is 4. The molecular formula is C32H32O9. The summed E-state index contributed by atoms with van der Waals surface area (Å²) >= 11 is 0. The fourth-order valence-electron chi connectivity index (χ4n) is 5.20. The topological polar surface area (TPSA) is 147 Å². The first-order valence-corrected chi connectivity index (χ1v) is 13.8. The van der Waals surface area contributed by atoms with Gasteiger partial charge in [-0.2, -0.15) is 0 Å². The van der Waals surface area contributed by atoms with Gasteiger partial charge in [0.15, 0.2) is 17.3 Å². The van der Waals surface area contributed by atoms with Crippen molar-refractivity contribution in [3.8, 4) is 45.8 Å². The predicted molar refractivity (Wildman–Crippen MR) is 152 cm³/mol. The smallest absolute Gasteiger partial charge is 0.312 e. The average Bonchev–Trinajstić information content (AvgIpc) is 2.95. The van der Waals surface area contributed by atoms with Crippen LogP contribution in [-0.4, -0.2) is 33.0 Å². The van der Waals surface area contributed by atoms with E-state index in [-0.39, 0.29) is 34.5 Å². The first-order chi connectivity index (χ1) is 19.8. The Kier molecular flexibility index (Phi) is 8.05. The SMILES string of the molecule is CCCCCCCCOc1ccc([C@@H]2CC(=O)Oc3cc(O)c4c(=O)c(O)c(-c5ccc(O)c(O)c5)oc4c32)cc1. The Balaban J connectivity index is 1.51. The Morgan fingerprint density at radius 1 is 0.854 bits per heavy atom. The van der Waals surface area contributed by atoms with E-state index >= 15 is 0 Å². The molecule has 1 aromatic heterocycles. The van der Waals surface area contributed by atoms with E-state index in [0.717, 1.165) is 24.5 Å². The molecule has 5 rings (SSSR count). The zero-order valence-electron chi connectivity index (χ0n) is 22.7. The summed E-state index contributed by atoms with van der Waals surface area (Å²) < 4.78 is 17.3. The molecule has 0 saturated heterocycles. The maximum absolute atomic E-state index is 13.2. The fraction of sp³-hybridized carbons (Fsp3) is 0.312. The number of phenols is 3. The van der Waals surface area contributed by atoms with Crippen LogP contribution in [0.25, 0.3) is 22.3 Å². The van der Waals surface area contributed by atoms with Gasteiger partial charge >= 0.3 is 5.97 Å². The van der Waals surface area contributed by atoms with Gasteiger partial charge in [-0.05, 0) is 42.3 Å². The molecule has 0 fully saturated rings. The third kappa shape index (κ3) is 5.66. The van der Waals surface area contributed by atoms with E-state index in [9.17, 15) is 30.0 Å². The number of carbonyl (C=O) groups is 1. The van der Waals surface area contributed by atoms with Crippen molar-refractivity contribution in [2.75, 3.05) is 6.61 Å². The molecule has 9 nitrogen and oxygen atoms in total. The average molecular weight is 561 g/mol. The number of benzene rings is 3. The molecular weight excluding hydrogens is 528 g/mol. The second kappa shape index (κ2) is 11.8. The number of unbranched alkanes of at least 4 members (excludes halogenated alkanes) is 5. The van der Waals surface area contributed by atoms with Crippen LogP contribution in [-0.2, 0) is 4.79 Å². The first kappa shape index (κ1) is 27.9.